The van der Waals surface area contributed by atoms with Crippen LogP contribution in [0.25, 0.3) is 10.8 Å². The van der Waals surface area contributed by atoms with E-state index in [0.29, 0.717) is 0 Å². The van der Waals surface area contributed by atoms with E-state index < -0.39 is 5.97 Å². The fourth-order valence-electron chi connectivity index (χ4n) is 1.39. The minimum Gasteiger partial charge on any atom is -0.545 e. The topological polar surface area (TPSA) is 40.1 Å². The number of hydrogen-bond donors (Lipinski definition) is 0. The monoisotopic (exact) mass is 410 g/mol. The molecular weight excluding hydrogens is 404 g/mol. The molecule has 0 saturated heterocycles. The van der Waals surface area contributed by atoms with Gasteiger partial charge in [-0.25, -0.2) is 0 Å². The summed E-state index contributed by atoms with van der Waals surface area (Å²) >= 11 is 5.92. The van der Waals surface area contributed by atoms with E-state index in [-0.39, 0.29) is 37.9 Å². The number of carboxylic acids is 1. The van der Waals surface area contributed by atoms with E-state index in [4.69, 9.17) is 11.6 Å². The van der Waals surface area contributed by atoms with Crippen LogP contribution in [0.15, 0.2) is 36.4 Å². The molecule has 0 aliphatic rings. The van der Waals surface area contributed by atoms with Gasteiger partial charge in [-0.2, -0.15) is 0 Å². The maximum absolute atomic E-state index is 10.7. The molecule has 72 valence electrons. The van der Waals surface area contributed by atoms with Crippen LogP contribution in [0.4, 0.5) is 0 Å². The van der Waals surface area contributed by atoms with E-state index in [1.165, 1.54) is 6.07 Å². The third-order valence-corrected chi connectivity index (χ3v) is 2.49. The van der Waals surface area contributed by atoms with Gasteiger partial charge in [0.15, 0.2) is 0 Å². The molecule has 0 saturated carbocycles. The van der Waals surface area contributed by atoms with E-state index in [1.807, 2.05) is 18.2 Å². The first-order chi connectivity index (χ1) is 6.70. The number of aromatic carboxylic acids is 1. The summed E-state index contributed by atoms with van der Waals surface area (Å²) in [6.07, 6.45) is 0. The Labute approximate surface area is 112 Å². The molecule has 0 bridgehead atoms. The number of carboxylic acid groups (broad SMARTS) is 1. The van der Waals surface area contributed by atoms with E-state index >= 15 is 0 Å². The molecule has 0 spiro atoms. The van der Waals surface area contributed by atoms with Crippen molar-refractivity contribution < 1.29 is 9.90 Å². The Balaban J connectivity index is 0.00000112. The van der Waals surface area contributed by atoms with Gasteiger partial charge >= 0.3 is 27.3 Å². The molecule has 2 aromatic carbocycles. The first-order valence-electron chi connectivity index (χ1n) is 4.09. The van der Waals surface area contributed by atoms with Crippen LogP contribution >= 0.6 is 11.6 Å². The summed E-state index contributed by atoms with van der Waals surface area (Å²) in [5.74, 6) is -1.25. The van der Waals surface area contributed by atoms with Gasteiger partial charge in [0.25, 0.3) is 0 Å². The largest absolute Gasteiger partial charge is 1.00 e. The van der Waals surface area contributed by atoms with Gasteiger partial charge in [-0.3, -0.25) is 0 Å². The molecule has 2 rings (SSSR count). The van der Waals surface area contributed by atoms with Crippen molar-refractivity contribution >= 4 is 55.6 Å². The molecule has 0 N–H and O–H groups in total. The smallest absolute Gasteiger partial charge is 0.545 e. The van der Waals surface area contributed by atoms with Crippen molar-refractivity contribution in [1.82, 2.24) is 0 Å². The van der Waals surface area contributed by atoms with Gasteiger partial charge in [-0.15, -0.1) is 0 Å². The minimum atomic E-state index is -1.25. The molecule has 0 aromatic heterocycles. The Bertz CT molecular complexity index is 511. The summed E-state index contributed by atoms with van der Waals surface area (Å²) in [6, 6.07) is 10.5. The standard InChI is InChI=1S/C11H7ClO2.Tl/c12-10-8-4-2-1-3-7(8)5-6-9(10)11(13)14;/h1-6H,(H,13,14);/q;+1/p-1. The number of hydrogen-bond acceptors (Lipinski definition) is 2. The second-order valence-electron chi connectivity index (χ2n) is 2.94. The summed E-state index contributed by atoms with van der Waals surface area (Å²) in [5, 5.41) is 12.6. The van der Waals surface area contributed by atoms with Crippen LogP contribution in [0.2, 0.25) is 5.02 Å². The average molecular weight is 410 g/mol. The quantitative estimate of drug-likeness (QED) is 0.669. The van der Waals surface area contributed by atoms with Gasteiger partial charge in [0.05, 0.1) is 11.0 Å². The fourth-order valence-corrected chi connectivity index (χ4v) is 1.70. The first kappa shape index (κ1) is 12.5. The molecular formula is C11H6ClO2Tl. The zero-order valence-corrected chi connectivity index (χ0v) is 13.0. The summed E-state index contributed by atoms with van der Waals surface area (Å²) in [7, 11) is 0. The van der Waals surface area contributed by atoms with Gasteiger partial charge in [-0.1, -0.05) is 48.0 Å². The molecule has 0 aliphatic carbocycles. The van der Waals surface area contributed by atoms with Crippen molar-refractivity contribution in [3.05, 3.63) is 47.0 Å². The van der Waals surface area contributed by atoms with Crippen LogP contribution < -0.4 is 5.11 Å². The van der Waals surface area contributed by atoms with Gasteiger partial charge in [0.1, 0.15) is 0 Å². The van der Waals surface area contributed by atoms with Gasteiger partial charge < -0.3 is 9.90 Å². The Morgan fingerprint density at radius 2 is 1.80 bits per heavy atom. The Morgan fingerprint density at radius 3 is 2.47 bits per heavy atom. The number of carbonyl (C=O) groups is 1. The predicted molar refractivity (Wildman–Crippen MR) is 59.0 cm³/mol. The fraction of sp³-hybridized carbons (Fsp3) is 0. The molecule has 0 fully saturated rings. The van der Waals surface area contributed by atoms with Crippen LogP contribution in [0, 0.1) is 0 Å². The third kappa shape index (κ3) is 2.31. The summed E-state index contributed by atoms with van der Waals surface area (Å²) in [5.41, 5.74) is 0.0327. The van der Waals surface area contributed by atoms with Crippen LogP contribution in [0.3, 0.4) is 0 Å². The normalized spacial score (nSPS) is 9.67. The van der Waals surface area contributed by atoms with Crippen molar-refractivity contribution in [3.63, 3.8) is 0 Å². The zero-order chi connectivity index (χ0) is 10.1. The van der Waals surface area contributed by atoms with E-state index in [0.717, 1.165) is 10.8 Å². The molecule has 0 aliphatic heterocycles. The Hall–Kier alpha value is -0.618. The molecule has 0 radical (unpaired) electrons. The molecule has 0 atom stereocenters. The number of fused-ring (bicyclic) bond motifs is 1. The SMILES string of the molecule is O=C([O-])c1ccc2ccccc2c1Cl.[Tl+]. The second-order valence-corrected chi connectivity index (χ2v) is 3.31. The summed E-state index contributed by atoms with van der Waals surface area (Å²) < 4.78 is 0. The Kier molecular flexibility index (Phi) is 4.10. The van der Waals surface area contributed by atoms with E-state index in [1.54, 1.807) is 12.1 Å². The number of carbonyl (C=O) groups excluding carboxylic acids is 1. The van der Waals surface area contributed by atoms with E-state index in [9.17, 15) is 9.90 Å². The van der Waals surface area contributed by atoms with Crippen LogP contribution in [0.1, 0.15) is 10.4 Å². The first-order valence-corrected chi connectivity index (χ1v) is 4.46. The molecule has 2 nitrogen and oxygen atoms in total. The number of rotatable bonds is 1. The average Bonchev–Trinajstić information content (AvgIpc) is 2.18. The molecule has 0 amide bonds. The maximum Gasteiger partial charge on any atom is 1.00 e. The number of halogens is 1. The van der Waals surface area contributed by atoms with Crippen molar-refractivity contribution in [3.8, 4) is 0 Å². The van der Waals surface area contributed by atoms with Gasteiger partial charge in [0, 0.05) is 10.9 Å². The van der Waals surface area contributed by atoms with Gasteiger partial charge in [-0.05, 0) is 5.39 Å². The predicted octanol–water partition coefficient (Wildman–Crippen LogP) is 1.48. The molecule has 4 heteroatoms. The second kappa shape index (κ2) is 4.94. The minimum absolute atomic E-state index is 0. The number of benzene rings is 2. The van der Waals surface area contributed by atoms with Crippen molar-refractivity contribution in [2.75, 3.05) is 0 Å². The molecule has 15 heavy (non-hydrogen) atoms. The van der Waals surface area contributed by atoms with E-state index in [2.05, 4.69) is 0 Å². The van der Waals surface area contributed by atoms with Crippen molar-refractivity contribution in [2.45, 2.75) is 0 Å². The molecule has 0 heterocycles. The summed E-state index contributed by atoms with van der Waals surface area (Å²) in [6.45, 7) is 0. The summed E-state index contributed by atoms with van der Waals surface area (Å²) in [4.78, 5) is 10.7. The maximum atomic E-state index is 10.7. The van der Waals surface area contributed by atoms with Crippen LogP contribution in [-0.4, -0.2) is 33.3 Å². The van der Waals surface area contributed by atoms with Gasteiger partial charge in [0.2, 0.25) is 0 Å². The molecule has 0 unspecified atom stereocenters. The zero-order valence-electron chi connectivity index (χ0n) is 7.74. The van der Waals surface area contributed by atoms with Crippen LogP contribution in [-0.2, 0) is 0 Å². The van der Waals surface area contributed by atoms with Crippen LogP contribution in [0.5, 0.6) is 0 Å². The Morgan fingerprint density at radius 1 is 1.13 bits per heavy atom. The van der Waals surface area contributed by atoms with Crippen molar-refractivity contribution in [2.24, 2.45) is 0 Å². The third-order valence-electron chi connectivity index (χ3n) is 2.08. The molecule has 2 aromatic rings. The van der Waals surface area contributed by atoms with Crippen molar-refractivity contribution in [1.29, 1.82) is 0 Å².